The van der Waals surface area contributed by atoms with Crippen molar-refractivity contribution in [2.75, 3.05) is 26.8 Å². The molecule has 1 aliphatic heterocycles. The van der Waals surface area contributed by atoms with Gasteiger partial charge < -0.3 is 24.8 Å². The Morgan fingerprint density at radius 1 is 1.07 bits per heavy atom. The van der Waals surface area contributed by atoms with Crippen molar-refractivity contribution < 1.29 is 29.0 Å². The molecule has 3 rings (SSSR count). The Labute approximate surface area is 174 Å². The minimum atomic E-state index is -1.05. The largest absolute Gasteiger partial charge is 0.480 e. The molecule has 2 N–H and O–H groups in total. The maximum absolute atomic E-state index is 12.5. The normalized spacial score (nSPS) is 18.1. The average molecular weight is 412 g/mol. The zero-order valence-electron chi connectivity index (χ0n) is 16.6. The van der Waals surface area contributed by atoms with Crippen LogP contribution in [0.1, 0.15) is 16.8 Å². The molecular formula is C22H24N2O6. The number of hydrogen-bond donors (Lipinski definition) is 2. The van der Waals surface area contributed by atoms with Crippen LogP contribution in [0.4, 0.5) is 0 Å². The average Bonchev–Trinajstić information content (AvgIpc) is 3.18. The number of ether oxygens (including phenoxy) is 2. The number of rotatable bonds is 8. The molecule has 8 heteroatoms. The van der Waals surface area contributed by atoms with E-state index in [9.17, 15) is 19.5 Å². The minimum Gasteiger partial charge on any atom is -0.480 e. The summed E-state index contributed by atoms with van der Waals surface area (Å²) in [6.45, 7) is 0.410. The second-order valence-corrected chi connectivity index (χ2v) is 7.08. The van der Waals surface area contributed by atoms with Crippen molar-refractivity contribution in [1.82, 2.24) is 10.2 Å². The van der Waals surface area contributed by atoms with Crippen LogP contribution in [0.2, 0.25) is 0 Å². The standard InChI is InChI=1S/C22H24N2O6/c1-29-14-15-11-19(22(27)28)24(13-15)20(25)12-23-21(26)16-7-9-18(10-8-16)30-17-5-3-2-4-6-17/h2-10,15,19H,11-14H2,1H3,(H,23,26)(H,27,28)/t15-,19-/m0/s1. The third-order valence-electron chi connectivity index (χ3n) is 4.89. The molecule has 1 fully saturated rings. The van der Waals surface area contributed by atoms with Crippen LogP contribution >= 0.6 is 0 Å². The first kappa shape index (κ1) is 21.3. The van der Waals surface area contributed by atoms with E-state index >= 15 is 0 Å². The summed E-state index contributed by atoms with van der Waals surface area (Å²) in [6, 6.07) is 14.9. The fourth-order valence-electron chi connectivity index (χ4n) is 3.45. The minimum absolute atomic E-state index is 0.0343. The van der Waals surface area contributed by atoms with Crippen LogP contribution in [0.5, 0.6) is 11.5 Å². The van der Waals surface area contributed by atoms with E-state index in [1.807, 2.05) is 30.3 Å². The fraction of sp³-hybridized carbons (Fsp3) is 0.318. The van der Waals surface area contributed by atoms with Gasteiger partial charge in [-0.05, 0) is 42.8 Å². The molecule has 158 valence electrons. The molecule has 0 aliphatic carbocycles. The van der Waals surface area contributed by atoms with Gasteiger partial charge >= 0.3 is 5.97 Å². The van der Waals surface area contributed by atoms with Crippen molar-refractivity contribution in [3.05, 3.63) is 60.2 Å². The predicted octanol–water partition coefficient (Wildman–Crippen LogP) is 2.16. The van der Waals surface area contributed by atoms with Gasteiger partial charge in [-0.1, -0.05) is 18.2 Å². The third-order valence-corrected chi connectivity index (χ3v) is 4.89. The van der Waals surface area contributed by atoms with Crippen molar-refractivity contribution in [2.45, 2.75) is 12.5 Å². The smallest absolute Gasteiger partial charge is 0.326 e. The topological polar surface area (TPSA) is 105 Å². The van der Waals surface area contributed by atoms with Crippen molar-refractivity contribution in [3.63, 3.8) is 0 Å². The highest BCUT2D eigenvalue weighted by Crippen LogP contribution is 2.24. The van der Waals surface area contributed by atoms with Gasteiger partial charge in [-0.2, -0.15) is 0 Å². The number of nitrogens with zero attached hydrogens (tertiary/aromatic N) is 1. The van der Waals surface area contributed by atoms with Crippen LogP contribution in [0.15, 0.2) is 54.6 Å². The van der Waals surface area contributed by atoms with E-state index in [4.69, 9.17) is 9.47 Å². The number of carbonyl (C=O) groups is 3. The molecule has 2 aromatic carbocycles. The zero-order valence-corrected chi connectivity index (χ0v) is 16.6. The fourth-order valence-corrected chi connectivity index (χ4v) is 3.45. The highest BCUT2D eigenvalue weighted by molar-refractivity contribution is 5.97. The van der Waals surface area contributed by atoms with Gasteiger partial charge in [-0.3, -0.25) is 9.59 Å². The molecule has 0 aromatic heterocycles. The van der Waals surface area contributed by atoms with E-state index in [1.54, 1.807) is 24.3 Å². The summed E-state index contributed by atoms with van der Waals surface area (Å²) in [5.41, 5.74) is 0.372. The highest BCUT2D eigenvalue weighted by Gasteiger charge is 2.39. The molecule has 8 nitrogen and oxygen atoms in total. The first-order chi connectivity index (χ1) is 14.5. The molecule has 0 saturated carbocycles. The Morgan fingerprint density at radius 3 is 2.37 bits per heavy atom. The Kier molecular flexibility index (Phi) is 7.03. The maximum atomic E-state index is 12.5. The molecule has 30 heavy (non-hydrogen) atoms. The number of nitrogens with one attached hydrogen (secondary N) is 1. The summed E-state index contributed by atoms with van der Waals surface area (Å²) in [4.78, 5) is 37.6. The molecule has 0 unspecified atom stereocenters. The number of aliphatic carboxylic acids is 1. The van der Waals surface area contributed by atoms with Gasteiger partial charge in [0.05, 0.1) is 13.2 Å². The summed E-state index contributed by atoms with van der Waals surface area (Å²) < 4.78 is 10.8. The van der Waals surface area contributed by atoms with Gasteiger partial charge in [-0.25, -0.2) is 4.79 Å². The second-order valence-electron chi connectivity index (χ2n) is 7.08. The first-order valence-corrected chi connectivity index (χ1v) is 9.60. The van der Waals surface area contributed by atoms with Crippen molar-refractivity contribution in [1.29, 1.82) is 0 Å². The maximum Gasteiger partial charge on any atom is 0.326 e. The van der Waals surface area contributed by atoms with Gasteiger partial charge in [0.2, 0.25) is 5.91 Å². The summed E-state index contributed by atoms with van der Waals surface area (Å²) in [7, 11) is 1.54. The van der Waals surface area contributed by atoms with Gasteiger partial charge in [0, 0.05) is 25.1 Å². The Balaban J connectivity index is 1.54. The Bertz CT molecular complexity index is 884. The summed E-state index contributed by atoms with van der Waals surface area (Å²) >= 11 is 0. The van der Waals surface area contributed by atoms with E-state index in [1.165, 1.54) is 12.0 Å². The lowest BCUT2D eigenvalue weighted by Crippen LogP contribution is -2.45. The van der Waals surface area contributed by atoms with E-state index in [0.29, 0.717) is 36.6 Å². The van der Waals surface area contributed by atoms with E-state index in [-0.39, 0.29) is 12.5 Å². The number of methoxy groups -OCH3 is 1. The number of benzene rings is 2. The number of carbonyl (C=O) groups excluding carboxylic acids is 2. The SMILES string of the molecule is COC[C@H]1C[C@@H](C(=O)O)N(C(=O)CNC(=O)c2ccc(Oc3ccccc3)cc2)C1. The van der Waals surface area contributed by atoms with Gasteiger partial charge in [0.1, 0.15) is 17.5 Å². The van der Waals surface area contributed by atoms with E-state index in [2.05, 4.69) is 5.32 Å². The lowest BCUT2D eigenvalue weighted by molar-refractivity contribution is -0.147. The Morgan fingerprint density at radius 2 is 1.73 bits per heavy atom. The monoisotopic (exact) mass is 412 g/mol. The summed E-state index contributed by atoms with van der Waals surface area (Å²) in [5, 5.41) is 11.9. The molecule has 2 atom stereocenters. The van der Waals surface area contributed by atoms with Crippen molar-refractivity contribution in [3.8, 4) is 11.5 Å². The molecular weight excluding hydrogens is 388 g/mol. The van der Waals surface area contributed by atoms with Crippen LogP contribution in [-0.2, 0) is 14.3 Å². The molecule has 0 bridgehead atoms. The van der Waals surface area contributed by atoms with Crippen LogP contribution in [-0.4, -0.2) is 60.6 Å². The number of likely N-dealkylation sites (tertiary alicyclic amines) is 1. The second kappa shape index (κ2) is 9.89. The van der Waals surface area contributed by atoms with Crippen molar-refractivity contribution >= 4 is 17.8 Å². The lowest BCUT2D eigenvalue weighted by Gasteiger charge is -2.21. The third kappa shape index (κ3) is 5.36. The number of hydrogen-bond acceptors (Lipinski definition) is 5. The zero-order chi connectivity index (χ0) is 21.5. The summed E-state index contributed by atoms with van der Waals surface area (Å²) in [6.07, 6.45) is 0.339. The predicted molar refractivity (Wildman–Crippen MR) is 108 cm³/mol. The van der Waals surface area contributed by atoms with Crippen LogP contribution in [0.25, 0.3) is 0 Å². The van der Waals surface area contributed by atoms with Crippen LogP contribution in [0, 0.1) is 5.92 Å². The van der Waals surface area contributed by atoms with Crippen LogP contribution in [0.3, 0.4) is 0 Å². The first-order valence-electron chi connectivity index (χ1n) is 9.60. The molecule has 2 amide bonds. The number of carboxylic acids is 1. The molecule has 1 heterocycles. The van der Waals surface area contributed by atoms with Gasteiger partial charge in [0.15, 0.2) is 0 Å². The number of carboxylic acid groups (broad SMARTS) is 1. The highest BCUT2D eigenvalue weighted by atomic mass is 16.5. The lowest BCUT2D eigenvalue weighted by atomic mass is 10.1. The Hall–Kier alpha value is -3.39. The molecule has 2 aromatic rings. The van der Waals surface area contributed by atoms with Crippen molar-refractivity contribution in [2.24, 2.45) is 5.92 Å². The number of amides is 2. The molecule has 0 radical (unpaired) electrons. The number of para-hydroxylation sites is 1. The van der Waals surface area contributed by atoms with E-state index in [0.717, 1.165) is 0 Å². The van der Waals surface area contributed by atoms with Gasteiger partial charge in [0.25, 0.3) is 5.91 Å². The van der Waals surface area contributed by atoms with Gasteiger partial charge in [-0.15, -0.1) is 0 Å². The molecule has 1 aliphatic rings. The van der Waals surface area contributed by atoms with E-state index < -0.39 is 23.8 Å². The summed E-state index contributed by atoms with van der Waals surface area (Å²) in [5.74, 6) is -0.673. The quantitative estimate of drug-likeness (QED) is 0.688. The molecule has 1 saturated heterocycles. The molecule has 0 spiro atoms. The van der Waals surface area contributed by atoms with Crippen LogP contribution < -0.4 is 10.1 Å².